The van der Waals surface area contributed by atoms with E-state index in [4.69, 9.17) is 10.9 Å². The third kappa shape index (κ3) is 2.49. The number of rotatable bonds is 4. The Morgan fingerprint density at radius 2 is 2.29 bits per heavy atom. The van der Waals surface area contributed by atoms with Crippen LogP contribution in [0.5, 0.6) is 0 Å². The van der Waals surface area contributed by atoms with Gasteiger partial charge in [-0.2, -0.15) is 0 Å². The average molecular weight is 234 g/mol. The van der Waals surface area contributed by atoms with Crippen molar-refractivity contribution in [3.05, 3.63) is 23.4 Å². The van der Waals surface area contributed by atoms with Crippen LogP contribution in [0.1, 0.15) is 31.0 Å². The summed E-state index contributed by atoms with van der Waals surface area (Å²) in [4.78, 5) is 6.78. The first kappa shape index (κ1) is 11.7. The third-order valence-corrected chi connectivity index (χ3v) is 2.97. The van der Waals surface area contributed by atoms with Gasteiger partial charge in [-0.15, -0.1) is 0 Å². The van der Waals surface area contributed by atoms with E-state index in [2.05, 4.69) is 22.0 Å². The summed E-state index contributed by atoms with van der Waals surface area (Å²) in [5.41, 5.74) is 7.21. The lowest BCUT2D eigenvalue weighted by Gasteiger charge is -2.22. The lowest BCUT2D eigenvalue weighted by Crippen LogP contribution is -2.27. The van der Waals surface area contributed by atoms with Gasteiger partial charge in [0.15, 0.2) is 5.84 Å². The van der Waals surface area contributed by atoms with Crippen LogP contribution in [0.3, 0.4) is 0 Å². The van der Waals surface area contributed by atoms with Gasteiger partial charge in [-0.25, -0.2) is 4.98 Å². The molecule has 1 aromatic heterocycles. The molecule has 0 radical (unpaired) electrons. The standard InChI is InChI=1S/C12H18N4O/c1-3-16(10-4-5-10)11-7-9(12(13)15-17)6-8(2)14-11/h6-7,10,17H,3-5H2,1-2H3,(H2,13,15). The fraction of sp³-hybridized carbons (Fsp3) is 0.500. The van der Waals surface area contributed by atoms with E-state index >= 15 is 0 Å². The lowest BCUT2D eigenvalue weighted by atomic mass is 10.2. The monoisotopic (exact) mass is 234 g/mol. The Balaban J connectivity index is 2.36. The molecule has 0 saturated heterocycles. The fourth-order valence-corrected chi connectivity index (χ4v) is 2.00. The minimum absolute atomic E-state index is 0.128. The number of nitrogens with two attached hydrogens (primary N) is 1. The zero-order valence-electron chi connectivity index (χ0n) is 10.2. The van der Waals surface area contributed by atoms with Crippen LogP contribution in [0.2, 0.25) is 0 Å². The maximum atomic E-state index is 8.72. The molecule has 1 aliphatic rings. The molecule has 1 saturated carbocycles. The summed E-state index contributed by atoms with van der Waals surface area (Å²) in [5.74, 6) is 1.04. The van der Waals surface area contributed by atoms with Crippen LogP contribution >= 0.6 is 0 Å². The summed E-state index contributed by atoms with van der Waals surface area (Å²) in [6.45, 7) is 4.96. The van der Waals surface area contributed by atoms with Gasteiger partial charge in [0, 0.05) is 23.8 Å². The van der Waals surface area contributed by atoms with Crippen LogP contribution in [-0.2, 0) is 0 Å². The predicted molar refractivity (Wildman–Crippen MR) is 67.5 cm³/mol. The van der Waals surface area contributed by atoms with Crippen LogP contribution in [0.25, 0.3) is 0 Å². The first-order valence-corrected chi connectivity index (χ1v) is 5.89. The molecule has 1 aliphatic carbocycles. The molecule has 5 heteroatoms. The molecule has 0 amide bonds. The number of anilines is 1. The molecule has 3 N–H and O–H groups in total. The van der Waals surface area contributed by atoms with Crippen molar-refractivity contribution in [2.45, 2.75) is 32.7 Å². The number of aromatic nitrogens is 1. The van der Waals surface area contributed by atoms with E-state index < -0.39 is 0 Å². The summed E-state index contributed by atoms with van der Waals surface area (Å²) in [6.07, 6.45) is 2.45. The van der Waals surface area contributed by atoms with E-state index in [0.29, 0.717) is 11.6 Å². The predicted octanol–water partition coefficient (Wildman–Crippen LogP) is 1.47. The molecule has 1 fully saturated rings. The van der Waals surface area contributed by atoms with Crippen molar-refractivity contribution in [2.75, 3.05) is 11.4 Å². The first-order chi connectivity index (χ1) is 8.15. The average Bonchev–Trinajstić information content (AvgIpc) is 3.13. The topological polar surface area (TPSA) is 74.7 Å². The quantitative estimate of drug-likeness (QED) is 0.358. The first-order valence-electron chi connectivity index (χ1n) is 5.89. The molecule has 5 nitrogen and oxygen atoms in total. The Labute approximate surface area is 101 Å². The van der Waals surface area contributed by atoms with Crippen LogP contribution in [0, 0.1) is 6.92 Å². The molecule has 0 aliphatic heterocycles. The summed E-state index contributed by atoms with van der Waals surface area (Å²) >= 11 is 0. The number of pyridine rings is 1. The van der Waals surface area contributed by atoms with Gasteiger partial charge in [-0.3, -0.25) is 0 Å². The van der Waals surface area contributed by atoms with E-state index in [-0.39, 0.29) is 5.84 Å². The van der Waals surface area contributed by atoms with E-state index in [0.717, 1.165) is 18.1 Å². The highest BCUT2D eigenvalue weighted by molar-refractivity contribution is 5.97. The second-order valence-corrected chi connectivity index (χ2v) is 4.36. The molecule has 0 bridgehead atoms. The van der Waals surface area contributed by atoms with Gasteiger partial charge in [-0.05, 0) is 38.8 Å². The van der Waals surface area contributed by atoms with Gasteiger partial charge in [0.1, 0.15) is 5.82 Å². The Hall–Kier alpha value is -1.78. The van der Waals surface area contributed by atoms with Crippen molar-refractivity contribution < 1.29 is 5.21 Å². The van der Waals surface area contributed by atoms with Gasteiger partial charge in [0.25, 0.3) is 0 Å². The lowest BCUT2D eigenvalue weighted by molar-refractivity contribution is 0.318. The highest BCUT2D eigenvalue weighted by Crippen LogP contribution is 2.30. The second-order valence-electron chi connectivity index (χ2n) is 4.36. The number of nitrogens with zero attached hydrogens (tertiary/aromatic N) is 3. The van der Waals surface area contributed by atoms with Gasteiger partial charge in [0.05, 0.1) is 0 Å². The number of oxime groups is 1. The summed E-state index contributed by atoms with van der Waals surface area (Å²) in [7, 11) is 0. The molecule has 1 aromatic rings. The maximum Gasteiger partial charge on any atom is 0.170 e. The zero-order valence-corrected chi connectivity index (χ0v) is 10.2. The van der Waals surface area contributed by atoms with E-state index in [1.807, 2.05) is 19.1 Å². The number of hydrogen-bond donors (Lipinski definition) is 2. The third-order valence-electron chi connectivity index (χ3n) is 2.97. The normalized spacial score (nSPS) is 16.0. The van der Waals surface area contributed by atoms with Crippen LogP contribution in [-0.4, -0.2) is 28.6 Å². The fourth-order valence-electron chi connectivity index (χ4n) is 2.00. The van der Waals surface area contributed by atoms with Crippen molar-refractivity contribution in [1.82, 2.24) is 4.98 Å². The largest absolute Gasteiger partial charge is 0.409 e. The number of aryl methyl sites for hydroxylation is 1. The molecular formula is C12H18N4O. The number of hydrogen-bond acceptors (Lipinski definition) is 4. The summed E-state index contributed by atoms with van der Waals surface area (Å²) < 4.78 is 0. The van der Waals surface area contributed by atoms with Gasteiger partial charge in [-0.1, -0.05) is 5.16 Å². The summed E-state index contributed by atoms with van der Waals surface area (Å²) in [6, 6.07) is 4.30. The molecular weight excluding hydrogens is 216 g/mol. The molecule has 0 aromatic carbocycles. The zero-order chi connectivity index (χ0) is 12.4. The van der Waals surface area contributed by atoms with Gasteiger partial charge in [0.2, 0.25) is 0 Å². The molecule has 0 spiro atoms. The van der Waals surface area contributed by atoms with Crippen molar-refractivity contribution in [1.29, 1.82) is 0 Å². The maximum absolute atomic E-state index is 8.72. The highest BCUT2D eigenvalue weighted by Gasteiger charge is 2.29. The van der Waals surface area contributed by atoms with Crippen LogP contribution in [0.15, 0.2) is 17.3 Å². The minimum atomic E-state index is 0.128. The van der Waals surface area contributed by atoms with E-state index in [9.17, 15) is 0 Å². The van der Waals surface area contributed by atoms with Crippen LogP contribution in [0.4, 0.5) is 5.82 Å². The van der Waals surface area contributed by atoms with E-state index in [1.54, 1.807) is 0 Å². The van der Waals surface area contributed by atoms with Crippen LogP contribution < -0.4 is 10.6 Å². The molecule has 92 valence electrons. The van der Waals surface area contributed by atoms with Gasteiger partial charge < -0.3 is 15.8 Å². The van der Waals surface area contributed by atoms with Gasteiger partial charge >= 0.3 is 0 Å². The molecule has 0 atom stereocenters. The Morgan fingerprint density at radius 3 is 2.82 bits per heavy atom. The smallest absolute Gasteiger partial charge is 0.170 e. The van der Waals surface area contributed by atoms with Crippen molar-refractivity contribution in [2.24, 2.45) is 10.9 Å². The molecule has 0 unspecified atom stereocenters. The minimum Gasteiger partial charge on any atom is -0.409 e. The summed E-state index contributed by atoms with van der Waals surface area (Å²) in [5, 5.41) is 11.8. The highest BCUT2D eigenvalue weighted by atomic mass is 16.4. The second kappa shape index (κ2) is 4.61. The van der Waals surface area contributed by atoms with Crippen molar-refractivity contribution in [3.63, 3.8) is 0 Å². The molecule has 1 heterocycles. The Kier molecular flexibility index (Phi) is 3.17. The van der Waals surface area contributed by atoms with Crippen molar-refractivity contribution >= 4 is 11.7 Å². The Morgan fingerprint density at radius 1 is 1.59 bits per heavy atom. The van der Waals surface area contributed by atoms with E-state index in [1.165, 1.54) is 12.8 Å². The Bertz CT molecular complexity index is 440. The molecule has 17 heavy (non-hydrogen) atoms. The molecule has 2 rings (SSSR count). The number of amidine groups is 1. The van der Waals surface area contributed by atoms with Crippen molar-refractivity contribution in [3.8, 4) is 0 Å². The SMILES string of the molecule is CCN(c1cc(/C(N)=N/O)cc(C)n1)C1CC1.